The number of aryl methyl sites for hydroxylation is 1. The van der Waals surface area contributed by atoms with Gasteiger partial charge in [-0.2, -0.15) is 4.37 Å². The zero-order chi connectivity index (χ0) is 13.9. The first-order valence-corrected chi connectivity index (χ1v) is 7.95. The summed E-state index contributed by atoms with van der Waals surface area (Å²) in [5.41, 5.74) is 8.76. The van der Waals surface area contributed by atoms with Gasteiger partial charge in [-0.25, -0.2) is 4.98 Å². The van der Waals surface area contributed by atoms with Crippen LogP contribution in [0.4, 0.5) is 5.13 Å². The zero-order valence-electron chi connectivity index (χ0n) is 11.7. The number of anilines is 1. The topological polar surface area (TPSA) is 55.0 Å². The molecule has 0 aliphatic carbocycles. The molecule has 1 unspecified atom stereocenters. The minimum Gasteiger partial charge on any atom is -0.338 e. The van der Waals surface area contributed by atoms with Crippen molar-refractivity contribution in [3.8, 4) is 0 Å². The van der Waals surface area contributed by atoms with Gasteiger partial charge in [0.05, 0.1) is 0 Å². The lowest BCUT2D eigenvalue weighted by Crippen LogP contribution is -2.45. The molecule has 1 atom stereocenters. The standard InChI is InChI=1S/C15H20N4S/c1-2-5-14-17-15(20-18-14)19-10-12-7-4-3-6-11(12)8-13(19)9-16/h3-4,6-7,13H,2,5,8-10,16H2,1H3. The average molecular weight is 288 g/mol. The molecule has 5 heteroatoms. The Morgan fingerprint density at radius 2 is 2.15 bits per heavy atom. The van der Waals surface area contributed by atoms with Crippen LogP contribution in [0.15, 0.2) is 24.3 Å². The first kappa shape index (κ1) is 13.5. The van der Waals surface area contributed by atoms with E-state index in [1.165, 1.54) is 22.7 Å². The van der Waals surface area contributed by atoms with Gasteiger partial charge >= 0.3 is 0 Å². The normalized spacial score (nSPS) is 18.1. The van der Waals surface area contributed by atoms with Gasteiger partial charge in [0.15, 0.2) is 0 Å². The molecule has 0 saturated carbocycles. The van der Waals surface area contributed by atoms with Crippen LogP contribution in [0.3, 0.4) is 0 Å². The molecule has 4 nitrogen and oxygen atoms in total. The maximum absolute atomic E-state index is 5.97. The summed E-state index contributed by atoms with van der Waals surface area (Å²) in [6, 6.07) is 8.93. The van der Waals surface area contributed by atoms with Crippen LogP contribution in [0.2, 0.25) is 0 Å². The second-order valence-corrected chi connectivity index (χ2v) is 5.96. The Kier molecular flexibility index (Phi) is 3.98. The SMILES string of the molecule is CCCc1nsc(N2Cc3ccccc3CC2CN)n1. The maximum Gasteiger partial charge on any atom is 0.205 e. The summed E-state index contributed by atoms with van der Waals surface area (Å²) < 4.78 is 4.45. The molecular formula is C15H20N4S. The number of hydrogen-bond acceptors (Lipinski definition) is 5. The number of rotatable bonds is 4. The zero-order valence-corrected chi connectivity index (χ0v) is 12.6. The highest BCUT2D eigenvalue weighted by atomic mass is 32.1. The van der Waals surface area contributed by atoms with Crippen LogP contribution in [-0.4, -0.2) is 21.9 Å². The van der Waals surface area contributed by atoms with Crippen molar-refractivity contribution in [2.75, 3.05) is 11.4 Å². The van der Waals surface area contributed by atoms with Crippen molar-refractivity contribution < 1.29 is 0 Å². The van der Waals surface area contributed by atoms with Gasteiger partial charge in [-0.3, -0.25) is 0 Å². The first-order valence-electron chi connectivity index (χ1n) is 7.18. The maximum atomic E-state index is 5.97. The van der Waals surface area contributed by atoms with Gasteiger partial charge in [-0.05, 0) is 24.0 Å². The number of nitrogens with zero attached hydrogens (tertiary/aromatic N) is 3. The van der Waals surface area contributed by atoms with Gasteiger partial charge < -0.3 is 10.6 Å². The Hall–Kier alpha value is -1.46. The van der Waals surface area contributed by atoms with Gasteiger partial charge in [0.1, 0.15) is 5.82 Å². The Morgan fingerprint density at radius 1 is 1.35 bits per heavy atom. The molecule has 1 aliphatic heterocycles. The lowest BCUT2D eigenvalue weighted by atomic mass is 9.94. The van der Waals surface area contributed by atoms with Crippen LogP contribution in [0.5, 0.6) is 0 Å². The molecule has 0 amide bonds. The summed E-state index contributed by atoms with van der Waals surface area (Å²) in [4.78, 5) is 6.99. The summed E-state index contributed by atoms with van der Waals surface area (Å²) in [5.74, 6) is 0.960. The summed E-state index contributed by atoms with van der Waals surface area (Å²) in [7, 11) is 0. The van der Waals surface area contributed by atoms with Gasteiger partial charge in [0.25, 0.3) is 0 Å². The minimum atomic E-state index is 0.326. The van der Waals surface area contributed by atoms with Crippen LogP contribution in [0.25, 0.3) is 0 Å². The van der Waals surface area contributed by atoms with Crippen molar-refractivity contribution in [2.45, 2.75) is 38.8 Å². The van der Waals surface area contributed by atoms with Gasteiger partial charge in [-0.15, -0.1) is 0 Å². The fourth-order valence-electron chi connectivity index (χ4n) is 2.71. The van der Waals surface area contributed by atoms with E-state index in [1.807, 2.05) is 0 Å². The molecule has 2 N–H and O–H groups in total. The quantitative estimate of drug-likeness (QED) is 0.938. The lowest BCUT2D eigenvalue weighted by molar-refractivity contribution is 0.559. The van der Waals surface area contributed by atoms with E-state index in [9.17, 15) is 0 Å². The van der Waals surface area contributed by atoms with Gasteiger partial charge in [0.2, 0.25) is 5.13 Å². The number of nitrogens with two attached hydrogens (primary N) is 1. The highest BCUT2D eigenvalue weighted by Crippen LogP contribution is 2.29. The van der Waals surface area contributed by atoms with E-state index in [2.05, 4.69) is 45.4 Å². The van der Waals surface area contributed by atoms with Crippen molar-refractivity contribution in [3.05, 3.63) is 41.2 Å². The summed E-state index contributed by atoms with van der Waals surface area (Å²) >= 11 is 1.50. The molecule has 0 bridgehead atoms. The van der Waals surface area contributed by atoms with E-state index in [0.29, 0.717) is 12.6 Å². The molecule has 1 aliphatic rings. The first-order chi connectivity index (χ1) is 9.81. The lowest BCUT2D eigenvalue weighted by Gasteiger charge is -2.35. The fourth-order valence-corrected chi connectivity index (χ4v) is 3.49. The monoisotopic (exact) mass is 288 g/mol. The van der Waals surface area contributed by atoms with Gasteiger partial charge in [-0.1, -0.05) is 31.2 Å². The molecule has 0 spiro atoms. The van der Waals surface area contributed by atoms with Crippen molar-refractivity contribution in [1.82, 2.24) is 9.36 Å². The highest BCUT2D eigenvalue weighted by molar-refractivity contribution is 7.09. The van der Waals surface area contributed by atoms with Crippen LogP contribution < -0.4 is 10.6 Å². The molecule has 2 heterocycles. The number of benzene rings is 1. The van der Waals surface area contributed by atoms with Crippen LogP contribution in [-0.2, 0) is 19.4 Å². The van der Waals surface area contributed by atoms with Crippen LogP contribution in [0, 0.1) is 0 Å². The number of hydrogen-bond donors (Lipinski definition) is 1. The second-order valence-electron chi connectivity index (χ2n) is 5.23. The smallest absolute Gasteiger partial charge is 0.205 e. The number of aromatic nitrogens is 2. The molecule has 2 aromatic rings. The Morgan fingerprint density at radius 3 is 2.90 bits per heavy atom. The molecule has 1 aromatic carbocycles. The third kappa shape index (κ3) is 2.55. The predicted octanol–water partition coefficient (Wildman–Crippen LogP) is 2.38. The average Bonchev–Trinajstić information content (AvgIpc) is 2.94. The summed E-state index contributed by atoms with van der Waals surface area (Å²) in [5, 5.41) is 1.01. The van der Waals surface area contributed by atoms with Crippen LogP contribution >= 0.6 is 11.5 Å². The molecule has 0 saturated heterocycles. The van der Waals surface area contributed by atoms with E-state index in [-0.39, 0.29) is 0 Å². The summed E-state index contributed by atoms with van der Waals surface area (Å²) in [6.07, 6.45) is 3.03. The molecule has 0 radical (unpaired) electrons. The Bertz CT molecular complexity index is 581. The number of fused-ring (bicyclic) bond motifs is 1. The van der Waals surface area contributed by atoms with E-state index in [0.717, 1.165) is 36.8 Å². The molecule has 20 heavy (non-hydrogen) atoms. The molecule has 1 aromatic heterocycles. The molecule has 0 fully saturated rings. The second kappa shape index (κ2) is 5.89. The van der Waals surface area contributed by atoms with Gasteiger partial charge in [0, 0.05) is 37.1 Å². The third-order valence-electron chi connectivity index (χ3n) is 3.80. The van der Waals surface area contributed by atoms with E-state index in [4.69, 9.17) is 5.73 Å². The van der Waals surface area contributed by atoms with E-state index < -0.39 is 0 Å². The predicted molar refractivity (Wildman–Crippen MR) is 83.1 cm³/mol. The van der Waals surface area contributed by atoms with Crippen molar-refractivity contribution >= 4 is 16.7 Å². The van der Waals surface area contributed by atoms with Crippen molar-refractivity contribution in [3.63, 3.8) is 0 Å². The largest absolute Gasteiger partial charge is 0.338 e. The summed E-state index contributed by atoms with van der Waals surface area (Å²) in [6.45, 7) is 3.69. The fraction of sp³-hybridized carbons (Fsp3) is 0.467. The van der Waals surface area contributed by atoms with Crippen LogP contribution in [0.1, 0.15) is 30.3 Å². The van der Waals surface area contributed by atoms with Crippen molar-refractivity contribution in [1.29, 1.82) is 0 Å². The Labute approximate surface area is 123 Å². The minimum absolute atomic E-state index is 0.326. The van der Waals surface area contributed by atoms with E-state index >= 15 is 0 Å². The Balaban J connectivity index is 1.87. The van der Waals surface area contributed by atoms with E-state index in [1.54, 1.807) is 0 Å². The molecule has 3 rings (SSSR count). The van der Waals surface area contributed by atoms with Crippen molar-refractivity contribution in [2.24, 2.45) is 5.73 Å². The third-order valence-corrected chi connectivity index (χ3v) is 4.60. The molecule has 106 valence electrons. The highest BCUT2D eigenvalue weighted by Gasteiger charge is 2.27. The molecular weight excluding hydrogens is 268 g/mol.